The molecule has 4 nitrogen and oxygen atoms in total. The fourth-order valence-corrected chi connectivity index (χ4v) is 2.90. The summed E-state index contributed by atoms with van der Waals surface area (Å²) < 4.78 is 3.35. The highest BCUT2D eigenvalue weighted by Gasteiger charge is 2.19. The van der Waals surface area contributed by atoms with Gasteiger partial charge in [-0.05, 0) is 24.7 Å². The normalized spacial score (nSPS) is 14.5. The van der Waals surface area contributed by atoms with Crippen molar-refractivity contribution in [3.63, 3.8) is 0 Å². The van der Waals surface area contributed by atoms with E-state index >= 15 is 0 Å². The quantitative estimate of drug-likeness (QED) is 0.942. The number of halogens is 1. The topological polar surface area (TPSA) is 33.1 Å². The molecule has 3 rings (SSSR count). The minimum absolute atomic E-state index is 0.875. The fourth-order valence-electron chi connectivity index (χ4n) is 2.55. The number of hydrogen-bond acceptors (Lipinski definition) is 3. The maximum atomic E-state index is 4.42. The molecule has 0 aliphatic carbocycles. The molecule has 1 aliphatic heterocycles. The average molecular weight is 321 g/mol. The van der Waals surface area contributed by atoms with Crippen LogP contribution in [0.1, 0.15) is 11.4 Å². The Balaban J connectivity index is 1.92. The van der Waals surface area contributed by atoms with E-state index in [1.54, 1.807) is 0 Å². The molecule has 1 aromatic heterocycles. The van der Waals surface area contributed by atoms with E-state index in [2.05, 4.69) is 60.1 Å². The number of fused-ring (bicyclic) bond motifs is 1. The summed E-state index contributed by atoms with van der Waals surface area (Å²) in [6.07, 6.45) is 3.94. The molecule has 19 heavy (non-hydrogen) atoms. The Morgan fingerprint density at radius 3 is 3.11 bits per heavy atom. The van der Waals surface area contributed by atoms with E-state index < -0.39 is 0 Å². The monoisotopic (exact) mass is 320 g/mol. The third-order valence-electron chi connectivity index (χ3n) is 3.50. The van der Waals surface area contributed by atoms with Crippen molar-refractivity contribution in [1.82, 2.24) is 14.9 Å². The third kappa shape index (κ3) is 2.53. The van der Waals surface area contributed by atoms with Gasteiger partial charge in [0.05, 0.1) is 6.54 Å². The largest absolute Gasteiger partial charge is 0.362 e. The van der Waals surface area contributed by atoms with Crippen molar-refractivity contribution in [3.8, 4) is 0 Å². The standard InChI is InChI=1S/C14H17BrN4/c1-16-9-11-2-3-12(15)8-13(11)19-7-6-18-5-4-17-14(18)10-19/h2-5,8,16H,6-7,9-10H2,1H3. The molecule has 0 bridgehead atoms. The molecular weight excluding hydrogens is 304 g/mol. The van der Waals surface area contributed by atoms with Crippen molar-refractivity contribution in [2.75, 3.05) is 18.5 Å². The molecule has 0 fully saturated rings. The number of anilines is 1. The molecule has 1 aliphatic rings. The summed E-state index contributed by atoms with van der Waals surface area (Å²) in [7, 11) is 1.98. The Bertz CT molecular complexity index is 579. The van der Waals surface area contributed by atoms with Gasteiger partial charge in [-0.25, -0.2) is 4.98 Å². The van der Waals surface area contributed by atoms with Crippen molar-refractivity contribution in [3.05, 3.63) is 46.5 Å². The molecule has 2 heterocycles. The molecule has 1 N–H and O–H groups in total. The third-order valence-corrected chi connectivity index (χ3v) is 3.99. The highest BCUT2D eigenvalue weighted by Crippen LogP contribution is 2.28. The van der Waals surface area contributed by atoms with Crippen molar-refractivity contribution in [2.24, 2.45) is 0 Å². The van der Waals surface area contributed by atoms with E-state index in [0.29, 0.717) is 0 Å². The van der Waals surface area contributed by atoms with Gasteiger partial charge in [0.1, 0.15) is 5.82 Å². The first-order valence-corrected chi connectivity index (χ1v) is 7.25. The van der Waals surface area contributed by atoms with E-state index in [-0.39, 0.29) is 0 Å². The van der Waals surface area contributed by atoms with Gasteiger partial charge < -0.3 is 14.8 Å². The minimum atomic E-state index is 0.875. The van der Waals surface area contributed by atoms with E-state index in [0.717, 1.165) is 36.5 Å². The molecule has 0 saturated heterocycles. The molecule has 0 unspecified atom stereocenters. The molecule has 2 aromatic rings. The Kier molecular flexibility index (Phi) is 3.57. The van der Waals surface area contributed by atoms with Crippen LogP contribution in [-0.4, -0.2) is 23.1 Å². The Labute approximate surface area is 121 Å². The fraction of sp³-hybridized carbons (Fsp3) is 0.357. The zero-order valence-corrected chi connectivity index (χ0v) is 12.5. The number of imidazole rings is 1. The van der Waals surface area contributed by atoms with Crippen molar-refractivity contribution in [1.29, 1.82) is 0 Å². The Morgan fingerprint density at radius 1 is 1.37 bits per heavy atom. The van der Waals surface area contributed by atoms with Gasteiger partial charge in [0.2, 0.25) is 0 Å². The lowest BCUT2D eigenvalue weighted by Gasteiger charge is -2.31. The molecule has 0 atom stereocenters. The predicted molar refractivity (Wildman–Crippen MR) is 80.2 cm³/mol. The van der Waals surface area contributed by atoms with Crippen LogP contribution in [0.25, 0.3) is 0 Å². The summed E-state index contributed by atoms with van der Waals surface area (Å²) in [6, 6.07) is 6.48. The lowest BCUT2D eigenvalue weighted by atomic mass is 10.1. The average Bonchev–Trinajstić information content (AvgIpc) is 2.88. The Morgan fingerprint density at radius 2 is 2.26 bits per heavy atom. The summed E-state index contributed by atoms with van der Waals surface area (Å²) in [5.41, 5.74) is 2.61. The van der Waals surface area contributed by atoms with Crippen LogP contribution in [0.3, 0.4) is 0 Å². The minimum Gasteiger partial charge on any atom is -0.362 e. The van der Waals surface area contributed by atoms with E-state index in [1.807, 2.05) is 13.2 Å². The van der Waals surface area contributed by atoms with Crippen LogP contribution >= 0.6 is 15.9 Å². The predicted octanol–water partition coefficient (Wildman–Crippen LogP) is 2.39. The molecule has 0 radical (unpaired) electrons. The maximum absolute atomic E-state index is 4.42. The molecule has 0 spiro atoms. The zero-order chi connectivity index (χ0) is 13.2. The summed E-state index contributed by atoms with van der Waals surface area (Å²) in [5.74, 6) is 1.14. The van der Waals surface area contributed by atoms with E-state index in [9.17, 15) is 0 Å². The lowest BCUT2D eigenvalue weighted by molar-refractivity contribution is 0.558. The number of nitrogens with zero attached hydrogens (tertiary/aromatic N) is 3. The first-order chi connectivity index (χ1) is 9.28. The van der Waals surface area contributed by atoms with Crippen molar-refractivity contribution >= 4 is 21.6 Å². The molecule has 0 saturated carbocycles. The Hall–Kier alpha value is -1.33. The van der Waals surface area contributed by atoms with Crippen LogP contribution in [0, 0.1) is 0 Å². The van der Waals surface area contributed by atoms with E-state index in [4.69, 9.17) is 0 Å². The summed E-state index contributed by atoms with van der Waals surface area (Å²) in [6.45, 7) is 3.78. The summed E-state index contributed by atoms with van der Waals surface area (Å²) >= 11 is 3.57. The lowest BCUT2D eigenvalue weighted by Crippen LogP contribution is -2.34. The second kappa shape index (κ2) is 5.35. The number of hydrogen-bond donors (Lipinski definition) is 1. The van der Waals surface area contributed by atoms with Gasteiger partial charge in [-0.3, -0.25) is 0 Å². The molecule has 100 valence electrons. The summed E-state index contributed by atoms with van der Waals surface area (Å²) in [5, 5.41) is 3.23. The number of benzene rings is 1. The second-order valence-corrected chi connectivity index (χ2v) is 5.68. The van der Waals surface area contributed by atoms with Gasteiger partial charge in [0.15, 0.2) is 0 Å². The van der Waals surface area contributed by atoms with Crippen LogP contribution in [-0.2, 0) is 19.6 Å². The first-order valence-electron chi connectivity index (χ1n) is 6.46. The SMILES string of the molecule is CNCc1ccc(Br)cc1N1CCn2ccnc2C1. The van der Waals surface area contributed by atoms with Gasteiger partial charge >= 0.3 is 0 Å². The van der Waals surface area contributed by atoms with Gasteiger partial charge in [-0.2, -0.15) is 0 Å². The highest BCUT2D eigenvalue weighted by atomic mass is 79.9. The smallest absolute Gasteiger partial charge is 0.128 e. The first kappa shape index (κ1) is 12.7. The summed E-state index contributed by atoms with van der Waals surface area (Å²) in [4.78, 5) is 6.83. The van der Waals surface area contributed by atoms with Crippen LogP contribution in [0.15, 0.2) is 35.1 Å². The van der Waals surface area contributed by atoms with Gasteiger partial charge in [-0.15, -0.1) is 0 Å². The van der Waals surface area contributed by atoms with Crippen LogP contribution in [0.4, 0.5) is 5.69 Å². The van der Waals surface area contributed by atoms with E-state index in [1.165, 1.54) is 11.3 Å². The van der Waals surface area contributed by atoms with Gasteiger partial charge in [-0.1, -0.05) is 22.0 Å². The highest BCUT2D eigenvalue weighted by molar-refractivity contribution is 9.10. The maximum Gasteiger partial charge on any atom is 0.128 e. The van der Waals surface area contributed by atoms with Crippen LogP contribution in [0.2, 0.25) is 0 Å². The zero-order valence-electron chi connectivity index (χ0n) is 10.9. The van der Waals surface area contributed by atoms with Crippen molar-refractivity contribution in [2.45, 2.75) is 19.6 Å². The molecule has 1 aromatic carbocycles. The number of rotatable bonds is 3. The second-order valence-electron chi connectivity index (χ2n) is 4.76. The van der Waals surface area contributed by atoms with Crippen LogP contribution in [0.5, 0.6) is 0 Å². The molecular formula is C14H17BrN4. The molecule has 5 heteroatoms. The van der Waals surface area contributed by atoms with Gasteiger partial charge in [0, 0.05) is 42.2 Å². The van der Waals surface area contributed by atoms with Crippen molar-refractivity contribution < 1.29 is 0 Å². The van der Waals surface area contributed by atoms with Crippen LogP contribution < -0.4 is 10.2 Å². The van der Waals surface area contributed by atoms with Gasteiger partial charge in [0.25, 0.3) is 0 Å². The number of aromatic nitrogens is 2. The number of nitrogens with one attached hydrogen (secondary N) is 1. The molecule has 0 amide bonds.